The van der Waals surface area contributed by atoms with Crippen molar-refractivity contribution in [1.82, 2.24) is 0 Å². The Morgan fingerprint density at radius 2 is 1.81 bits per heavy atom. The van der Waals surface area contributed by atoms with Crippen LogP contribution in [0.2, 0.25) is 0 Å². The third-order valence-electron chi connectivity index (χ3n) is 4.25. The Balaban J connectivity index is 1.74. The zero-order chi connectivity index (χ0) is 19.6. The maximum atomic E-state index is 13.9. The van der Waals surface area contributed by atoms with Gasteiger partial charge in [-0.2, -0.15) is 0 Å². The monoisotopic (exact) mass is 374 g/mol. The molecule has 0 radical (unpaired) electrons. The normalized spacial score (nSPS) is 16.3. The van der Waals surface area contributed by atoms with Gasteiger partial charge < -0.3 is 15.0 Å². The topological polar surface area (TPSA) is 75.7 Å². The fourth-order valence-corrected chi connectivity index (χ4v) is 2.93. The molecule has 0 aliphatic carbocycles. The van der Waals surface area contributed by atoms with Gasteiger partial charge in [-0.15, -0.1) is 0 Å². The van der Waals surface area contributed by atoms with Crippen molar-refractivity contribution in [3.05, 3.63) is 59.7 Å². The van der Waals surface area contributed by atoms with Crippen molar-refractivity contribution in [3.8, 4) is 0 Å². The SMILES string of the molecule is COC(=O)c1cccc(NC(=O)C2CC(=O)N(c3c(F)cccc3F)C2)c1. The molecule has 2 aromatic rings. The van der Waals surface area contributed by atoms with E-state index >= 15 is 0 Å². The minimum Gasteiger partial charge on any atom is -0.465 e. The molecule has 0 spiro atoms. The number of benzene rings is 2. The molecule has 2 amide bonds. The van der Waals surface area contributed by atoms with Crippen LogP contribution in [0.3, 0.4) is 0 Å². The highest BCUT2D eigenvalue weighted by molar-refractivity contribution is 6.04. The van der Waals surface area contributed by atoms with Gasteiger partial charge in [0.1, 0.15) is 17.3 Å². The minimum atomic E-state index is -0.866. The summed E-state index contributed by atoms with van der Waals surface area (Å²) in [6.07, 6.45) is -0.170. The van der Waals surface area contributed by atoms with Gasteiger partial charge in [0.15, 0.2) is 0 Å². The van der Waals surface area contributed by atoms with Crippen LogP contribution in [0.25, 0.3) is 0 Å². The Morgan fingerprint density at radius 3 is 2.48 bits per heavy atom. The molecule has 1 unspecified atom stereocenters. The Kier molecular flexibility index (Phi) is 5.16. The molecule has 1 aliphatic heterocycles. The highest BCUT2D eigenvalue weighted by atomic mass is 19.1. The number of anilines is 2. The fourth-order valence-electron chi connectivity index (χ4n) is 2.93. The number of para-hydroxylation sites is 1. The first-order chi connectivity index (χ1) is 12.9. The Bertz CT molecular complexity index is 896. The van der Waals surface area contributed by atoms with E-state index in [-0.39, 0.29) is 18.5 Å². The maximum Gasteiger partial charge on any atom is 0.337 e. The zero-order valence-electron chi connectivity index (χ0n) is 14.4. The van der Waals surface area contributed by atoms with Gasteiger partial charge in [-0.3, -0.25) is 9.59 Å². The molecule has 1 saturated heterocycles. The summed E-state index contributed by atoms with van der Waals surface area (Å²) in [4.78, 5) is 37.1. The number of nitrogens with one attached hydrogen (secondary N) is 1. The molecule has 1 aliphatic rings. The smallest absolute Gasteiger partial charge is 0.337 e. The minimum absolute atomic E-state index is 0.140. The first-order valence-corrected chi connectivity index (χ1v) is 8.14. The number of rotatable bonds is 4. The van der Waals surface area contributed by atoms with Crippen LogP contribution in [0.5, 0.6) is 0 Å². The molecule has 1 N–H and O–H groups in total. The number of amides is 2. The number of hydrogen-bond donors (Lipinski definition) is 1. The second-order valence-electron chi connectivity index (χ2n) is 6.04. The molecule has 6 nitrogen and oxygen atoms in total. The molecule has 8 heteroatoms. The predicted molar refractivity (Wildman–Crippen MR) is 93.2 cm³/mol. The number of methoxy groups -OCH3 is 1. The van der Waals surface area contributed by atoms with Gasteiger partial charge >= 0.3 is 5.97 Å². The lowest BCUT2D eigenvalue weighted by molar-refractivity contribution is -0.122. The fraction of sp³-hybridized carbons (Fsp3) is 0.211. The Hall–Kier alpha value is -3.29. The molecule has 1 fully saturated rings. The van der Waals surface area contributed by atoms with Crippen molar-refractivity contribution >= 4 is 29.2 Å². The molecule has 140 valence electrons. The third kappa shape index (κ3) is 3.79. The van der Waals surface area contributed by atoms with E-state index in [9.17, 15) is 23.2 Å². The molecule has 2 aromatic carbocycles. The summed E-state index contributed by atoms with van der Waals surface area (Å²) in [6, 6.07) is 9.43. The summed E-state index contributed by atoms with van der Waals surface area (Å²) in [5.74, 6) is -4.08. The van der Waals surface area contributed by atoms with E-state index in [4.69, 9.17) is 0 Å². The predicted octanol–water partition coefficient (Wildman–Crippen LogP) is 2.74. The molecule has 0 saturated carbocycles. The number of carbonyl (C=O) groups excluding carboxylic acids is 3. The standard InChI is InChI=1S/C19H16F2N2O4/c1-27-19(26)11-4-2-5-13(8-11)22-18(25)12-9-16(24)23(10-12)17-14(20)6-3-7-15(17)21/h2-8,12H,9-10H2,1H3,(H,22,25). The summed E-state index contributed by atoms with van der Waals surface area (Å²) in [7, 11) is 1.24. The summed E-state index contributed by atoms with van der Waals surface area (Å²) < 4.78 is 32.5. The van der Waals surface area contributed by atoms with Gasteiger partial charge in [-0.1, -0.05) is 12.1 Å². The van der Waals surface area contributed by atoms with E-state index in [1.54, 1.807) is 12.1 Å². The summed E-state index contributed by atoms with van der Waals surface area (Å²) in [6.45, 7) is -0.140. The van der Waals surface area contributed by atoms with E-state index < -0.39 is 41.0 Å². The average Bonchev–Trinajstić information content (AvgIpc) is 3.03. The van der Waals surface area contributed by atoms with Crippen molar-refractivity contribution < 1.29 is 27.9 Å². The van der Waals surface area contributed by atoms with E-state index in [1.807, 2.05) is 0 Å². The van der Waals surface area contributed by atoms with Gasteiger partial charge in [0, 0.05) is 18.7 Å². The van der Waals surface area contributed by atoms with Crippen LogP contribution in [-0.4, -0.2) is 31.4 Å². The van der Waals surface area contributed by atoms with Crippen LogP contribution in [0.15, 0.2) is 42.5 Å². The highest BCUT2D eigenvalue weighted by Crippen LogP contribution is 2.30. The van der Waals surface area contributed by atoms with Crippen LogP contribution in [0, 0.1) is 17.6 Å². The molecule has 3 rings (SSSR count). The summed E-state index contributed by atoms with van der Waals surface area (Å²) in [5, 5.41) is 2.61. The summed E-state index contributed by atoms with van der Waals surface area (Å²) >= 11 is 0. The average molecular weight is 374 g/mol. The van der Waals surface area contributed by atoms with Crippen LogP contribution in [0.4, 0.5) is 20.2 Å². The van der Waals surface area contributed by atoms with Crippen molar-refractivity contribution in [2.45, 2.75) is 6.42 Å². The van der Waals surface area contributed by atoms with Gasteiger partial charge in [-0.25, -0.2) is 13.6 Å². The van der Waals surface area contributed by atoms with Gasteiger partial charge in [0.2, 0.25) is 11.8 Å². The second-order valence-corrected chi connectivity index (χ2v) is 6.04. The lowest BCUT2D eigenvalue weighted by atomic mass is 10.1. The van der Waals surface area contributed by atoms with E-state index in [1.165, 1.54) is 25.3 Å². The molecule has 27 heavy (non-hydrogen) atoms. The highest BCUT2D eigenvalue weighted by Gasteiger charge is 2.37. The number of ether oxygens (including phenoxy) is 1. The number of halogens is 2. The molecule has 1 heterocycles. The van der Waals surface area contributed by atoms with Crippen LogP contribution in [0.1, 0.15) is 16.8 Å². The number of esters is 1. The van der Waals surface area contributed by atoms with Crippen LogP contribution in [-0.2, 0) is 14.3 Å². The van der Waals surface area contributed by atoms with Crippen molar-refractivity contribution in [1.29, 1.82) is 0 Å². The largest absolute Gasteiger partial charge is 0.465 e. The van der Waals surface area contributed by atoms with Gasteiger partial charge in [0.05, 0.1) is 18.6 Å². The second kappa shape index (κ2) is 7.53. The Morgan fingerprint density at radius 1 is 1.15 bits per heavy atom. The number of nitrogens with zero attached hydrogens (tertiary/aromatic N) is 1. The number of carbonyl (C=O) groups is 3. The van der Waals surface area contributed by atoms with E-state index in [0.717, 1.165) is 17.0 Å². The summed E-state index contributed by atoms with van der Waals surface area (Å²) in [5.41, 5.74) is 0.157. The van der Waals surface area contributed by atoms with Crippen LogP contribution < -0.4 is 10.2 Å². The lowest BCUT2D eigenvalue weighted by Crippen LogP contribution is -2.29. The van der Waals surface area contributed by atoms with Crippen molar-refractivity contribution in [2.24, 2.45) is 5.92 Å². The Labute approximate surface area is 153 Å². The van der Waals surface area contributed by atoms with Gasteiger partial charge in [0.25, 0.3) is 0 Å². The molecular formula is C19H16F2N2O4. The maximum absolute atomic E-state index is 13.9. The van der Waals surface area contributed by atoms with Crippen molar-refractivity contribution in [3.63, 3.8) is 0 Å². The zero-order valence-corrected chi connectivity index (χ0v) is 14.4. The molecule has 0 bridgehead atoms. The quantitative estimate of drug-likeness (QED) is 0.835. The first kappa shape index (κ1) is 18.5. The number of hydrogen-bond acceptors (Lipinski definition) is 4. The van der Waals surface area contributed by atoms with Crippen molar-refractivity contribution in [2.75, 3.05) is 23.9 Å². The lowest BCUT2D eigenvalue weighted by Gasteiger charge is -2.18. The molecule has 1 atom stereocenters. The first-order valence-electron chi connectivity index (χ1n) is 8.14. The van der Waals surface area contributed by atoms with E-state index in [2.05, 4.69) is 10.1 Å². The van der Waals surface area contributed by atoms with E-state index in [0.29, 0.717) is 5.69 Å². The van der Waals surface area contributed by atoms with Crippen LogP contribution >= 0.6 is 0 Å². The molecule has 0 aromatic heterocycles. The third-order valence-corrected chi connectivity index (χ3v) is 4.25. The van der Waals surface area contributed by atoms with Gasteiger partial charge in [-0.05, 0) is 30.3 Å². The molecular weight excluding hydrogens is 358 g/mol.